The molecule has 4 unspecified atom stereocenters. The van der Waals surface area contributed by atoms with Crippen molar-refractivity contribution in [3.05, 3.63) is 11.9 Å². The highest BCUT2D eigenvalue weighted by Crippen LogP contribution is 2.40. The van der Waals surface area contributed by atoms with Crippen LogP contribution in [0, 0.1) is 11.3 Å². The third kappa shape index (κ3) is 5.47. The van der Waals surface area contributed by atoms with Crippen molar-refractivity contribution in [3.8, 4) is 0 Å². The number of hydrogen-bond acceptors (Lipinski definition) is 6. The third-order valence-corrected chi connectivity index (χ3v) is 8.72. The van der Waals surface area contributed by atoms with Gasteiger partial charge < -0.3 is 20.2 Å². The molecule has 5 atom stereocenters. The fourth-order valence-electron chi connectivity index (χ4n) is 6.66. The van der Waals surface area contributed by atoms with Crippen molar-refractivity contribution in [1.82, 2.24) is 30.1 Å². The smallest absolute Gasteiger partial charge is 0.248 e. The number of carbonyl (C=O) groups is 2. The molecule has 2 N–H and O–H groups in total. The zero-order valence-electron chi connectivity index (χ0n) is 22.2. The molecule has 2 amide bonds. The number of hydrogen-bond donors (Lipinski definition) is 2. The number of β-amino-alcohol motifs (C(OH)–C–C–N with tert-alkyl or cyclic N) is 1. The molecular weight excluding hydrogens is 456 g/mol. The predicted octanol–water partition coefficient (Wildman–Crippen LogP) is 2.48. The monoisotopic (exact) mass is 500 g/mol. The maximum absolute atomic E-state index is 13.9. The van der Waals surface area contributed by atoms with Gasteiger partial charge in [0.2, 0.25) is 11.8 Å². The van der Waals surface area contributed by atoms with E-state index in [1.54, 1.807) is 9.58 Å². The largest absolute Gasteiger partial charge is 0.391 e. The number of amides is 2. The predicted molar refractivity (Wildman–Crippen MR) is 136 cm³/mol. The summed E-state index contributed by atoms with van der Waals surface area (Å²) in [5.41, 5.74) is 0.512. The Morgan fingerprint density at radius 2 is 1.83 bits per heavy atom. The lowest BCUT2D eigenvalue weighted by Gasteiger charge is -2.38. The lowest BCUT2D eigenvalue weighted by Crippen LogP contribution is -2.52. The molecule has 200 valence electrons. The van der Waals surface area contributed by atoms with Crippen molar-refractivity contribution in [3.63, 3.8) is 0 Å². The molecule has 3 heterocycles. The SMILES string of the molecule is CC(C)(C)[C@@H](C(=O)N1CC(O)CC1C(=O)NCC1CCCCC1N1CCCC1)n1cc(C2CC2)nn1. The molecule has 2 saturated carbocycles. The number of aliphatic hydroxyl groups excluding tert-OH is 1. The summed E-state index contributed by atoms with van der Waals surface area (Å²) < 4.78 is 1.68. The normalized spacial score (nSPS) is 30.5. The van der Waals surface area contributed by atoms with Crippen molar-refractivity contribution >= 4 is 11.8 Å². The molecule has 9 heteroatoms. The van der Waals surface area contributed by atoms with Gasteiger partial charge in [0.15, 0.2) is 0 Å². The summed E-state index contributed by atoms with van der Waals surface area (Å²) in [5.74, 6) is 0.593. The van der Waals surface area contributed by atoms with Crippen LogP contribution in [-0.4, -0.2) is 86.1 Å². The summed E-state index contributed by atoms with van der Waals surface area (Å²) in [7, 11) is 0. The fraction of sp³-hybridized carbons (Fsp3) is 0.852. The van der Waals surface area contributed by atoms with Crippen LogP contribution in [0.4, 0.5) is 0 Å². The van der Waals surface area contributed by atoms with E-state index in [1.807, 2.05) is 27.0 Å². The molecule has 0 spiro atoms. The number of nitrogens with one attached hydrogen (secondary N) is 1. The first kappa shape index (κ1) is 25.6. The standard InChI is InChI=1S/C27H44N6O3/c1-27(2,3)24(33-17-21(29-30-33)18-10-11-18)26(36)32-16-20(34)14-23(32)25(35)28-15-19-8-4-5-9-22(19)31-12-6-7-13-31/h17-20,22-24,34H,4-16H2,1-3H3,(H,28,35)/t19?,20?,22?,23?,24-/m1/s1. The highest BCUT2D eigenvalue weighted by atomic mass is 16.3. The molecule has 36 heavy (non-hydrogen) atoms. The zero-order chi connectivity index (χ0) is 25.4. The molecule has 0 aromatic carbocycles. The Hall–Kier alpha value is -2.00. The Morgan fingerprint density at radius 1 is 1.11 bits per heavy atom. The minimum atomic E-state index is -0.699. The zero-order valence-corrected chi connectivity index (χ0v) is 22.2. The van der Waals surface area contributed by atoms with Gasteiger partial charge >= 0.3 is 0 Å². The quantitative estimate of drug-likeness (QED) is 0.596. The first-order chi connectivity index (χ1) is 17.2. The van der Waals surface area contributed by atoms with Crippen LogP contribution in [0.3, 0.4) is 0 Å². The van der Waals surface area contributed by atoms with Crippen LogP contribution in [0.2, 0.25) is 0 Å². The number of rotatable bonds is 7. The van der Waals surface area contributed by atoms with Crippen LogP contribution in [-0.2, 0) is 9.59 Å². The van der Waals surface area contributed by atoms with E-state index in [4.69, 9.17) is 0 Å². The van der Waals surface area contributed by atoms with E-state index in [2.05, 4.69) is 20.5 Å². The summed E-state index contributed by atoms with van der Waals surface area (Å²) in [6.07, 6.45) is 11.1. The molecule has 4 aliphatic rings. The topological polar surface area (TPSA) is 104 Å². The van der Waals surface area contributed by atoms with Gasteiger partial charge in [-0.05, 0) is 62.9 Å². The lowest BCUT2D eigenvalue weighted by atomic mass is 9.83. The van der Waals surface area contributed by atoms with E-state index in [-0.39, 0.29) is 24.8 Å². The highest BCUT2D eigenvalue weighted by molar-refractivity contribution is 5.90. The molecule has 0 radical (unpaired) electrons. The Kier molecular flexibility index (Phi) is 7.41. The van der Waals surface area contributed by atoms with Crippen LogP contribution in [0.15, 0.2) is 6.20 Å². The van der Waals surface area contributed by atoms with Crippen LogP contribution < -0.4 is 5.32 Å². The number of carbonyl (C=O) groups excluding carboxylic acids is 2. The van der Waals surface area contributed by atoms with Gasteiger partial charge in [0.25, 0.3) is 0 Å². The fourth-order valence-corrected chi connectivity index (χ4v) is 6.66. The van der Waals surface area contributed by atoms with E-state index in [0.29, 0.717) is 24.4 Å². The van der Waals surface area contributed by atoms with Crippen molar-refractivity contribution in [2.24, 2.45) is 11.3 Å². The molecule has 0 bridgehead atoms. The van der Waals surface area contributed by atoms with E-state index < -0.39 is 23.6 Å². The molecular formula is C27H44N6O3. The maximum Gasteiger partial charge on any atom is 0.248 e. The van der Waals surface area contributed by atoms with Crippen molar-refractivity contribution in [2.75, 3.05) is 26.2 Å². The van der Waals surface area contributed by atoms with E-state index in [9.17, 15) is 14.7 Å². The number of aromatic nitrogens is 3. The van der Waals surface area contributed by atoms with Gasteiger partial charge in [-0.1, -0.05) is 38.8 Å². The second kappa shape index (κ2) is 10.4. The van der Waals surface area contributed by atoms with Crippen LogP contribution in [0.1, 0.15) is 96.2 Å². The first-order valence-corrected chi connectivity index (χ1v) is 14.1. The molecule has 9 nitrogen and oxygen atoms in total. The van der Waals surface area contributed by atoms with Crippen molar-refractivity contribution < 1.29 is 14.7 Å². The minimum Gasteiger partial charge on any atom is -0.391 e. The van der Waals surface area contributed by atoms with E-state index in [0.717, 1.165) is 25.0 Å². The summed E-state index contributed by atoms with van der Waals surface area (Å²) >= 11 is 0. The lowest BCUT2D eigenvalue weighted by molar-refractivity contribution is -0.144. The summed E-state index contributed by atoms with van der Waals surface area (Å²) in [4.78, 5) is 31.6. The van der Waals surface area contributed by atoms with Gasteiger partial charge in [-0.25, -0.2) is 4.68 Å². The molecule has 2 saturated heterocycles. The molecule has 1 aromatic heterocycles. The Bertz CT molecular complexity index is 932. The average Bonchev–Trinajstić information content (AvgIpc) is 3.22. The number of aliphatic hydroxyl groups is 1. The maximum atomic E-state index is 13.9. The van der Waals surface area contributed by atoms with Crippen LogP contribution >= 0.6 is 0 Å². The Morgan fingerprint density at radius 3 is 2.53 bits per heavy atom. The minimum absolute atomic E-state index is 0.143. The van der Waals surface area contributed by atoms with E-state index >= 15 is 0 Å². The second-order valence-corrected chi connectivity index (χ2v) is 12.7. The second-order valence-electron chi connectivity index (χ2n) is 12.7. The van der Waals surface area contributed by atoms with Crippen LogP contribution in [0.25, 0.3) is 0 Å². The van der Waals surface area contributed by atoms with Gasteiger partial charge in [-0.2, -0.15) is 0 Å². The Balaban J connectivity index is 1.27. The van der Waals surface area contributed by atoms with Gasteiger partial charge in [0.05, 0.1) is 11.8 Å². The van der Waals surface area contributed by atoms with Crippen LogP contribution in [0.5, 0.6) is 0 Å². The van der Waals surface area contributed by atoms with Crippen molar-refractivity contribution in [2.45, 2.75) is 109 Å². The third-order valence-electron chi connectivity index (χ3n) is 8.72. The van der Waals surface area contributed by atoms with Gasteiger partial charge in [-0.3, -0.25) is 9.59 Å². The molecule has 2 aliphatic carbocycles. The van der Waals surface area contributed by atoms with Crippen molar-refractivity contribution in [1.29, 1.82) is 0 Å². The highest BCUT2D eigenvalue weighted by Gasteiger charge is 2.45. The molecule has 5 rings (SSSR count). The summed E-state index contributed by atoms with van der Waals surface area (Å²) in [5, 5.41) is 22.3. The molecule has 2 aliphatic heterocycles. The first-order valence-electron chi connectivity index (χ1n) is 14.1. The van der Waals surface area contributed by atoms with Gasteiger partial charge in [-0.15, -0.1) is 5.10 Å². The summed E-state index contributed by atoms with van der Waals surface area (Å²) in [6.45, 7) is 9.19. The number of likely N-dealkylation sites (tertiary alicyclic amines) is 2. The molecule has 4 fully saturated rings. The van der Waals surface area contributed by atoms with Gasteiger partial charge in [0.1, 0.15) is 12.1 Å². The Labute approximate surface area is 215 Å². The molecule has 1 aromatic rings. The van der Waals surface area contributed by atoms with E-state index in [1.165, 1.54) is 45.2 Å². The average molecular weight is 501 g/mol. The van der Waals surface area contributed by atoms with Gasteiger partial charge in [0, 0.05) is 37.7 Å². The number of nitrogens with zero attached hydrogens (tertiary/aromatic N) is 5. The summed E-state index contributed by atoms with van der Waals surface area (Å²) in [6, 6.07) is -0.694.